The molecule has 2 N–H and O–H groups in total. The largest absolute Gasteiger partial charge is 0.387 e. The molecular weight excluding hydrogens is 305 g/mol. The molecule has 2 unspecified atom stereocenters. The van der Waals surface area contributed by atoms with Crippen LogP contribution in [0, 0.1) is 5.82 Å². The zero-order valence-corrected chi connectivity index (χ0v) is 13.7. The van der Waals surface area contributed by atoms with Crippen molar-refractivity contribution in [2.75, 3.05) is 6.54 Å². The van der Waals surface area contributed by atoms with Gasteiger partial charge in [0.05, 0.1) is 6.10 Å². The number of carbonyl (C=O) groups is 1. The standard InChI is InChI=1S/C20H22FNO2/c1-15(20(24)17-7-3-2-4-8-17)22-13-12-19(23)11-10-16-6-5-9-18(21)14-16/h2-11,14-15,20,22,24H,12-13H2,1H3/b11-10+. The van der Waals surface area contributed by atoms with E-state index in [-0.39, 0.29) is 17.6 Å². The number of aliphatic hydroxyl groups is 1. The van der Waals surface area contributed by atoms with E-state index in [1.807, 2.05) is 37.3 Å². The third-order valence-corrected chi connectivity index (χ3v) is 3.76. The van der Waals surface area contributed by atoms with Crippen molar-refractivity contribution >= 4 is 11.9 Å². The summed E-state index contributed by atoms with van der Waals surface area (Å²) in [6.45, 7) is 2.35. The number of nitrogens with one attached hydrogen (secondary N) is 1. The highest BCUT2D eigenvalue weighted by Gasteiger charge is 2.15. The van der Waals surface area contributed by atoms with Crippen molar-refractivity contribution in [3.05, 3.63) is 77.6 Å². The first kappa shape index (κ1) is 18.0. The molecule has 0 radical (unpaired) electrons. The Morgan fingerprint density at radius 2 is 1.96 bits per heavy atom. The molecular formula is C20H22FNO2. The Labute approximate surface area is 141 Å². The molecule has 2 aromatic rings. The predicted molar refractivity (Wildman–Crippen MR) is 93.9 cm³/mol. The second kappa shape index (κ2) is 9.11. The predicted octanol–water partition coefficient (Wildman–Crippen LogP) is 3.51. The van der Waals surface area contributed by atoms with Crippen molar-refractivity contribution in [1.29, 1.82) is 0 Å². The van der Waals surface area contributed by atoms with Crippen LogP contribution in [-0.4, -0.2) is 23.5 Å². The van der Waals surface area contributed by atoms with Gasteiger partial charge in [-0.2, -0.15) is 0 Å². The van der Waals surface area contributed by atoms with Gasteiger partial charge in [0.15, 0.2) is 5.78 Å². The number of hydrogen-bond acceptors (Lipinski definition) is 3. The molecule has 0 aliphatic carbocycles. The molecule has 2 aromatic carbocycles. The molecule has 2 atom stereocenters. The Morgan fingerprint density at radius 1 is 1.21 bits per heavy atom. The highest BCUT2D eigenvalue weighted by atomic mass is 19.1. The Kier molecular flexibility index (Phi) is 6.85. The number of hydrogen-bond donors (Lipinski definition) is 2. The van der Waals surface area contributed by atoms with Crippen molar-refractivity contribution in [1.82, 2.24) is 5.32 Å². The fraction of sp³-hybridized carbons (Fsp3) is 0.250. The van der Waals surface area contributed by atoms with Crippen LogP contribution in [0.2, 0.25) is 0 Å². The average Bonchev–Trinajstić information content (AvgIpc) is 2.60. The van der Waals surface area contributed by atoms with Gasteiger partial charge in [0, 0.05) is 19.0 Å². The number of benzene rings is 2. The summed E-state index contributed by atoms with van der Waals surface area (Å²) < 4.78 is 13.0. The molecule has 0 heterocycles. The molecule has 0 aliphatic heterocycles. The van der Waals surface area contributed by atoms with E-state index in [0.29, 0.717) is 18.5 Å². The number of halogens is 1. The van der Waals surface area contributed by atoms with Gasteiger partial charge in [-0.3, -0.25) is 4.79 Å². The van der Waals surface area contributed by atoms with Crippen LogP contribution < -0.4 is 5.32 Å². The lowest BCUT2D eigenvalue weighted by Gasteiger charge is -2.20. The quantitative estimate of drug-likeness (QED) is 0.730. The van der Waals surface area contributed by atoms with Crippen LogP contribution in [-0.2, 0) is 4.79 Å². The molecule has 3 nitrogen and oxygen atoms in total. The van der Waals surface area contributed by atoms with Gasteiger partial charge in [-0.1, -0.05) is 48.5 Å². The lowest BCUT2D eigenvalue weighted by atomic mass is 10.0. The van der Waals surface area contributed by atoms with Crippen LogP contribution in [0.4, 0.5) is 4.39 Å². The van der Waals surface area contributed by atoms with E-state index < -0.39 is 6.10 Å². The molecule has 4 heteroatoms. The van der Waals surface area contributed by atoms with Crippen molar-refractivity contribution in [3.8, 4) is 0 Å². The molecule has 0 saturated carbocycles. The van der Waals surface area contributed by atoms with E-state index in [4.69, 9.17) is 0 Å². The van der Waals surface area contributed by atoms with E-state index in [0.717, 1.165) is 5.56 Å². The molecule has 0 bridgehead atoms. The molecule has 126 valence electrons. The SMILES string of the molecule is CC(NCCC(=O)/C=C/c1cccc(F)c1)C(O)c1ccccc1. The van der Waals surface area contributed by atoms with Crippen molar-refractivity contribution in [2.45, 2.75) is 25.5 Å². The van der Waals surface area contributed by atoms with Crippen molar-refractivity contribution in [3.63, 3.8) is 0 Å². The fourth-order valence-corrected chi connectivity index (χ4v) is 2.36. The highest BCUT2D eigenvalue weighted by Crippen LogP contribution is 2.15. The van der Waals surface area contributed by atoms with Crippen LogP contribution in [0.3, 0.4) is 0 Å². The summed E-state index contributed by atoms with van der Waals surface area (Å²) in [6, 6.07) is 15.3. The third-order valence-electron chi connectivity index (χ3n) is 3.76. The Balaban J connectivity index is 1.76. The fourth-order valence-electron chi connectivity index (χ4n) is 2.36. The molecule has 0 saturated heterocycles. The summed E-state index contributed by atoms with van der Waals surface area (Å²) in [4.78, 5) is 11.8. The smallest absolute Gasteiger partial charge is 0.156 e. The first-order chi connectivity index (χ1) is 11.6. The van der Waals surface area contributed by atoms with Gasteiger partial charge in [0.2, 0.25) is 0 Å². The van der Waals surface area contributed by atoms with Crippen LogP contribution >= 0.6 is 0 Å². The second-order valence-electron chi connectivity index (χ2n) is 5.70. The van der Waals surface area contributed by atoms with Gasteiger partial charge in [0.25, 0.3) is 0 Å². The lowest BCUT2D eigenvalue weighted by Crippen LogP contribution is -2.33. The van der Waals surface area contributed by atoms with Gasteiger partial charge < -0.3 is 10.4 Å². The maximum absolute atomic E-state index is 13.0. The van der Waals surface area contributed by atoms with Gasteiger partial charge in [-0.15, -0.1) is 0 Å². The van der Waals surface area contributed by atoms with E-state index in [1.165, 1.54) is 18.2 Å². The normalized spacial score (nSPS) is 13.8. The summed E-state index contributed by atoms with van der Waals surface area (Å²) in [5, 5.41) is 13.4. The number of carbonyl (C=O) groups excluding carboxylic acids is 1. The van der Waals surface area contributed by atoms with Gasteiger partial charge in [-0.25, -0.2) is 4.39 Å². The Bertz CT molecular complexity index is 685. The zero-order valence-electron chi connectivity index (χ0n) is 13.7. The molecule has 0 aliphatic rings. The lowest BCUT2D eigenvalue weighted by molar-refractivity contribution is -0.114. The number of ketones is 1. The number of aliphatic hydroxyl groups excluding tert-OH is 1. The molecule has 24 heavy (non-hydrogen) atoms. The summed E-state index contributed by atoms with van der Waals surface area (Å²) >= 11 is 0. The van der Waals surface area contributed by atoms with Crippen LogP contribution in [0.15, 0.2) is 60.7 Å². The second-order valence-corrected chi connectivity index (χ2v) is 5.70. The van der Waals surface area contributed by atoms with E-state index >= 15 is 0 Å². The Morgan fingerprint density at radius 3 is 2.67 bits per heavy atom. The highest BCUT2D eigenvalue weighted by molar-refractivity contribution is 5.93. The summed E-state index contributed by atoms with van der Waals surface area (Å²) in [5.74, 6) is -0.372. The maximum Gasteiger partial charge on any atom is 0.156 e. The minimum absolute atomic E-state index is 0.0480. The molecule has 2 rings (SSSR count). The van der Waals surface area contributed by atoms with Crippen LogP contribution in [0.25, 0.3) is 6.08 Å². The van der Waals surface area contributed by atoms with Crippen LogP contribution in [0.1, 0.15) is 30.6 Å². The molecule has 0 amide bonds. The Hall–Kier alpha value is -2.30. The first-order valence-corrected chi connectivity index (χ1v) is 7.99. The van der Waals surface area contributed by atoms with E-state index in [2.05, 4.69) is 5.32 Å². The van der Waals surface area contributed by atoms with Crippen molar-refractivity contribution in [2.24, 2.45) is 0 Å². The van der Waals surface area contributed by atoms with Crippen LogP contribution in [0.5, 0.6) is 0 Å². The maximum atomic E-state index is 13.0. The van der Waals surface area contributed by atoms with Gasteiger partial charge in [0.1, 0.15) is 5.82 Å². The summed E-state index contributed by atoms with van der Waals surface area (Å²) in [5.41, 5.74) is 1.50. The summed E-state index contributed by atoms with van der Waals surface area (Å²) in [7, 11) is 0. The number of rotatable bonds is 8. The third kappa shape index (κ3) is 5.72. The van der Waals surface area contributed by atoms with E-state index in [1.54, 1.807) is 18.2 Å². The van der Waals surface area contributed by atoms with Gasteiger partial charge in [-0.05, 0) is 36.3 Å². The number of allylic oxidation sites excluding steroid dienone is 1. The minimum Gasteiger partial charge on any atom is -0.387 e. The monoisotopic (exact) mass is 327 g/mol. The molecule has 0 aromatic heterocycles. The molecule has 0 fully saturated rings. The summed E-state index contributed by atoms with van der Waals surface area (Å²) in [6.07, 6.45) is 2.75. The van der Waals surface area contributed by atoms with E-state index in [9.17, 15) is 14.3 Å². The van der Waals surface area contributed by atoms with Gasteiger partial charge >= 0.3 is 0 Å². The molecule has 0 spiro atoms. The van der Waals surface area contributed by atoms with Crippen molar-refractivity contribution < 1.29 is 14.3 Å². The zero-order chi connectivity index (χ0) is 17.4. The topological polar surface area (TPSA) is 49.3 Å². The average molecular weight is 327 g/mol. The minimum atomic E-state index is -0.621. The first-order valence-electron chi connectivity index (χ1n) is 7.99.